The molecule has 0 fully saturated rings. The van der Waals surface area contributed by atoms with Gasteiger partial charge in [0.15, 0.2) is 0 Å². The smallest absolute Gasteiger partial charge is 0.267 e. The summed E-state index contributed by atoms with van der Waals surface area (Å²) in [6, 6.07) is 4.29. The molecule has 0 aliphatic heterocycles. The number of aryl methyl sites for hydroxylation is 1. The highest BCUT2D eigenvalue weighted by Gasteiger charge is 2.14. The molecule has 2 heterocycles. The van der Waals surface area contributed by atoms with Gasteiger partial charge in [-0.1, -0.05) is 17.7 Å². The van der Waals surface area contributed by atoms with Crippen molar-refractivity contribution in [1.82, 2.24) is 14.6 Å². The van der Waals surface area contributed by atoms with Gasteiger partial charge in [-0.05, 0) is 12.5 Å². The molecular weight excluding hydrogens is 328 g/mol. The molecule has 3 rings (SSSR count). The molecule has 0 N–H and O–H groups in total. The lowest BCUT2D eigenvalue weighted by molar-refractivity contribution is -0.384. The predicted molar refractivity (Wildman–Crippen MR) is 82.8 cm³/mol. The second-order valence-corrected chi connectivity index (χ2v) is 5.89. The summed E-state index contributed by atoms with van der Waals surface area (Å²) in [5.74, 6) is 0. The van der Waals surface area contributed by atoms with Crippen LogP contribution in [0, 0.1) is 17.0 Å². The van der Waals surface area contributed by atoms with Crippen LogP contribution < -0.4 is 5.56 Å². The first-order chi connectivity index (χ1) is 10.5. The number of nitro benzene ring substituents is 1. The number of nitrogens with zero attached hydrogens (tertiary/aromatic N) is 4. The Kier molecular flexibility index (Phi) is 3.63. The zero-order valence-electron chi connectivity index (χ0n) is 11.3. The Labute approximate surface area is 133 Å². The number of rotatable bonds is 3. The highest BCUT2D eigenvalue weighted by Crippen LogP contribution is 2.25. The summed E-state index contributed by atoms with van der Waals surface area (Å²) < 4.78 is 1.49. The molecule has 7 nitrogen and oxygen atoms in total. The summed E-state index contributed by atoms with van der Waals surface area (Å²) in [4.78, 5) is 22.9. The van der Waals surface area contributed by atoms with Crippen LogP contribution in [-0.4, -0.2) is 19.5 Å². The summed E-state index contributed by atoms with van der Waals surface area (Å²) >= 11 is 7.40. The maximum atomic E-state index is 12.2. The molecule has 1 aromatic carbocycles. The van der Waals surface area contributed by atoms with E-state index in [1.165, 1.54) is 27.9 Å². The van der Waals surface area contributed by atoms with Gasteiger partial charge in [-0.2, -0.15) is 0 Å². The third-order valence-corrected chi connectivity index (χ3v) is 4.41. The molecule has 0 bridgehead atoms. The lowest BCUT2D eigenvalue weighted by Gasteiger charge is -2.04. The first-order valence-corrected chi connectivity index (χ1v) is 7.48. The Morgan fingerprint density at radius 1 is 1.41 bits per heavy atom. The number of thiazole rings is 1. The van der Waals surface area contributed by atoms with E-state index >= 15 is 0 Å². The average Bonchev–Trinajstić information content (AvgIpc) is 2.88. The minimum Gasteiger partial charge on any atom is -0.267 e. The van der Waals surface area contributed by atoms with Gasteiger partial charge in [0.25, 0.3) is 11.2 Å². The molecule has 0 saturated heterocycles. The average molecular weight is 337 g/mol. The molecule has 0 aliphatic carbocycles. The number of non-ortho nitro benzene ring substituents is 1. The van der Waals surface area contributed by atoms with Gasteiger partial charge < -0.3 is 0 Å². The van der Waals surface area contributed by atoms with Crippen LogP contribution in [0.2, 0.25) is 5.02 Å². The number of hydrogen-bond acceptors (Lipinski definition) is 6. The standard InChI is InChI=1S/C13H9ClN4O3S/c1-7-12(19)17-10(6-22-13(17)16-15-7)4-8-2-3-9(18(20)21)5-11(8)14/h2-3,5-6H,4H2,1H3. The summed E-state index contributed by atoms with van der Waals surface area (Å²) in [6.07, 6.45) is 0.377. The summed E-state index contributed by atoms with van der Waals surface area (Å²) in [5.41, 5.74) is 1.45. The van der Waals surface area contributed by atoms with E-state index in [0.29, 0.717) is 27.7 Å². The van der Waals surface area contributed by atoms with Gasteiger partial charge in [-0.25, -0.2) is 0 Å². The molecule has 3 aromatic rings. The molecule has 0 aliphatic rings. The lowest BCUT2D eigenvalue weighted by atomic mass is 10.1. The number of halogens is 1. The number of hydrogen-bond donors (Lipinski definition) is 0. The van der Waals surface area contributed by atoms with Gasteiger partial charge in [-0.3, -0.25) is 19.3 Å². The Morgan fingerprint density at radius 3 is 2.86 bits per heavy atom. The van der Waals surface area contributed by atoms with Crippen molar-refractivity contribution in [2.45, 2.75) is 13.3 Å². The second-order valence-electron chi connectivity index (χ2n) is 4.65. The van der Waals surface area contributed by atoms with Crippen LogP contribution >= 0.6 is 22.9 Å². The lowest BCUT2D eigenvalue weighted by Crippen LogP contribution is -2.20. The molecule has 9 heteroatoms. The molecule has 22 heavy (non-hydrogen) atoms. The first kappa shape index (κ1) is 14.6. The van der Waals surface area contributed by atoms with E-state index < -0.39 is 4.92 Å². The molecule has 0 atom stereocenters. The monoisotopic (exact) mass is 336 g/mol. The van der Waals surface area contributed by atoms with Gasteiger partial charge in [0, 0.05) is 29.6 Å². The van der Waals surface area contributed by atoms with E-state index in [4.69, 9.17) is 11.6 Å². The Bertz CT molecular complexity index is 950. The van der Waals surface area contributed by atoms with E-state index in [-0.39, 0.29) is 11.2 Å². The number of nitro groups is 1. The topological polar surface area (TPSA) is 90.4 Å². The highest BCUT2D eigenvalue weighted by molar-refractivity contribution is 7.15. The summed E-state index contributed by atoms with van der Waals surface area (Å²) in [6.45, 7) is 1.60. The van der Waals surface area contributed by atoms with Gasteiger partial charge in [0.2, 0.25) is 4.96 Å². The van der Waals surface area contributed by atoms with E-state index in [9.17, 15) is 14.9 Å². The van der Waals surface area contributed by atoms with Crippen LogP contribution in [-0.2, 0) is 6.42 Å². The summed E-state index contributed by atoms with van der Waals surface area (Å²) in [5, 5.41) is 20.6. The SMILES string of the molecule is Cc1nnc2scc(Cc3ccc([N+](=O)[O-])cc3Cl)n2c1=O. The largest absolute Gasteiger partial charge is 0.280 e. The number of fused-ring (bicyclic) bond motifs is 1. The van der Waals surface area contributed by atoms with Crippen molar-refractivity contribution < 1.29 is 4.92 Å². The second kappa shape index (κ2) is 5.47. The third kappa shape index (κ3) is 2.46. The molecule has 0 spiro atoms. The zero-order chi connectivity index (χ0) is 15.9. The first-order valence-electron chi connectivity index (χ1n) is 6.22. The predicted octanol–water partition coefficient (Wildman–Crippen LogP) is 2.61. The van der Waals surface area contributed by atoms with Crippen molar-refractivity contribution in [2.75, 3.05) is 0 Å². The fourth-order valence-corrected chi connectivity index (χ4v) is 3.13. The molecule has 112 valence electrons. The molecule has 0 unspecified atom stereocenters. The maximum Gasteiger partial charge on any atom is 0.280 e. The van der Waals surface area contributed by atoms with Crippen LogP contribution in [0.1, 0.15) is 17.0 Å². The van der Waals surface area contributed by atoms with Crippen LogP contribution in [0.15, 0.2) is 28.4 Å². The van der Waals surface area contributed by atoms with Crippen LogP contribution in [0.5, 0.6) is 0 Å². The molecule has 0 saturated carbocycles. The Morgan fingerprint density at radius 2 is 2.18 bits per heavy atom. The minimum absolute atomic E-state index is 0.0668. The number of benzene rings is 1. The molecule has 0 amide bonds. The Hall–Kier alpha value is -2.32. The fraction of sp³-hybridized carbons (Fsp3) is 0.154. The molecular formula is C13H9ClN4O3S. The van der Waals surface area contributed by atoms with Gasteiger partial charge in [0.1, 0.15) is 5.69 Å². The summed E-state index contributed by atoms with van der Waals surface area (Å²) in [7, 11) is 0. The van der Waals surface area contributed by atoms with Gasteiger partial charge in [0.05, 0.1) is 9.95 Å². The highest BCUT2D eigenvalue weighted by atomic mass is 35.5. The van der Waals surface area contributed by atoms with Crippen molar-refractivity contribution in [3.8, 4) is 0 Å². The fourth-order valence-electron chi connectivity index (χ4n) is 2.07. The van der Waals surface area contributed by atoms with Crippen LogP contribution in [0.4, 0.5) is 5.69 Å². The number of aromatic nitrogens is 3. The molecule has 0 radical (unpaired) electrons. The van der Waals surface area contributed by atoms with Gasteiger partial charge in [-0.15, -0.1) is 21.5 Å². The Balaban J connectivity index is 2.06. The quantitative estimate of drug-likeness (QED) is 0.541. The third-order valence-electron chi connectivity index (χ3n) is 3.20. The van der Waals surface area contributed by atoms with E-state index in [0.717, 1.165) is 5.69 Å². The minimum atomic E-state index is -0.501. The van der Waals surface area contributed by atoms with Gasteiger partial charge >= 0.3 is 0 Å². The molecule has 2 aromatic heterocycles. The maximum absolute atomic E-state index is 12.2. The van der Waals surface area contributed by atoms with Crippen molar-refractivity contribution in [3.05, 3.63) is 66.0 Å². The normalized spacial score (nSPS) is 11.0. The van der Waals surface area contributed by atoms with E-state index in [1.807, 2.05) is 5.38 Å². The van der Waals surface area contributed by atoms with Crippen molar-refractivity contribution in [3.63, 3.8) is 0 Å². The van der Waals surface area contributed by atoms with Crippen molar-refractivity contribution >= 4 is 33.6 Å². The van der Waals surface area contributed by atoms with Crippen molar-refractivity contribution in [2.24, 2.45) is 0 Å². The van der Waals surface area contributed by atoms with E-state index in [2.05, 4.69) is 10.2 Å². The zero-order valence-corrected chi connectivity index (χ0v) is 12.9. The van der Waals surface area contributed by atoms with Crippen LogP contribution in [0.25, 0.3) is 4.96 Å². The van der Waals surface area contributed by atoms with Crippen LogP contribution in [0.3, 0.4) is 0 Å². The van der Waals surface area contributed by atoms with E-state index in [1.54, 1.807) is 13.0 Å². The van der Waals surface area contributed by atoms with Crippen molar-refractivity contribution in [1.29, 1.82) is 0 Å².